The number of ether oxygens (including phenoxy) is 1. The Hall–Kier alpha value is -3.89. The number of methoxy groups -OCH3 is 1. The molecule has 0 bridgehead atoms. The maximum atomic E-state index is 13.8. The Bertz CT molecular complexity index is 1440. The lowest BCUT2D eigenvalue weighted by molar-refractivity contribution is -0.385. The first-order valence-corrected chi connectivity index (χ1v) is 11.7. The monoisotopic (exact) mass is 499 g/mol. The average molecular weight is 500 g/mol. The van der Waals surface area contributed by atoms with Gasteiger partial charge in [0.1, 0.15) is 22.6 Å². The molecule has 0 aliphatic heterocycles. The van der Waals surface area contributed by atoms with Gasteiger partial charge in [0.05, 0.1) is 29.3 Å². The van der Waals surface area contributed by atoms with E-state index in [1.165, 1.54) is 19.4 Å². The second kappa shape index (κ2) is 9.54. The summed E-state index contributed by atoms with van der Waals surface area (Å²) in [6.07, 6.45) is 1.36. The molecule has 0 aliphatic carbocycles. The van der Waals surface area contributed by atoms with E-state index < -0.39 is 25.5 Å². The number of para-hydroxylation sites is 2. The average Bonchev–Trinajstić information content (AvgIpc) is 3.32. The number of nitrogens with zero attached hydrogens (tertiary/aromatic N) is 3. The fourth-order valence-electron chi connectivity index (χ4n) is 3.30. The Labute approximate surface area is 200 Å². The third kappa shape index (κ3) is 4.59. The number of nitro groups is 1. The van der Waals surface area contributed by atoms with Gasteiger partial charge in [-0.05, 0) is 30.3 Å². The summed E-state index contributed by atoms with van der Waals surface area (Å²) < 4.78 is 39.5. The highest BCUT2D eigenvalue weighted by Crippen LogP contribution is 2.36. The highest BCUT2D eigenvalue weighted by molar-refractivity contribution is 7.93. The smallest absolute Gasteiger partial charge is 0.270 e. The van der Waals surface area contributed by atoms with Gasteiger partial charge in [0.2, 0.25) is 5.89 Å². The lowest BCUT2D eigenvalue weighted by atomic mass is 10.2. The molecule has 3 aromatic carbocycles. The van der Waals surface area contributed by atoms with Gasteiger partial charge in [-0.15, -0.1) is 0 Å². The van der Waals surface area contributed by atoms with Crippen molar-refractivity contribution >= 4 is 33.0 Å². The fraction of sp³-hybridized carbons (Fsp3) is 0.0870. The van der Waals surface area contributed by atoms with Gasteiger partial charge in [-0.25, -0.2) is 13.4 Å². The van der Waals surface area contributed by atoms with Crippen molar-refractivity contribution in [3.63, 3.8) is 0 Å². The molecule has 4 aromatic rings. The zero-order valence-corrected chi connectivity index (χ0v) is 19.4. The first kappa shape index (κ1) is 23.3. The summed E-state index contributed by atoms with van der Waals surface area (Å²) in [6.45, 7) is -0.238. The first-order valence-electron chi connectivity index (χ1n) is 9.91. The number of benzene rings is 3. The molecule has 4 rings (SSSR count). The Morgan fingerprint density at radius 1 is 1.09 bits per heavy atom. The molecular formula is C23H18ClN3O6S. The number of hydrogen-bond donors (Lipinski definition) is 0. The van der Waals surface area contributed by atoms with E-state index >= 15 is 0 Å². The van der Waals surface area contributed by atoms with Gasteiger partial charge in [-0.3, -0.25) is 14.4 Å². The molecule has 0 fully saturated rings. The SMILES string of the molecule is COc1ccccc1N(Cc1coc(-c2ccccc2)n1)S(=O)(=O)c1cc([N+](=O)[O-])ccc1Cl. The molecule has 0 amide bonds. The molecule has 0 unspecified atom stereocenters. The van der Waals surface area contributed by atoms with Gasteiger partial charge in [0, 0.05) is 17.7 Å². The Kier molecular flexibility index (Phi) is 6.53. The summed E-state index contributed by atoms with van der Waals surface area (Å²) in [5.41, 5.74) is 0.838. The quantitative estimate of drug-likeness (QED) is 0.238. The van der Waals surface area contributed by atoms with Crippen LogP contribution in [0.5, 0.6) is 5.75 Å². The molecular weight excluding hydrogens is 482 g/mol. The predicted octanol–water partition coefficient (Wildman–Crippen LogP) is 5.31. The zero-order valence-electron chi connectivity index (χ0n) is 17.8. The van der Waals surface area contributed by atoms with E-state index in [0.29, 0.717) is 11.6 Å². The summed E-state index contributed by atoms with van der Waals surface area (Å²) >= 11 is 6.18. The predicted molar refractivity (Wildman–Crippen MR) is 126 cm³/mol. The van der Waals surface area contributed by atoms with Crippen LogP contribution in [0.15, 0.2) is 88.4 Å². The molecule has 0 saturated heterocycles. The number of hydrogen-bond acceptors (Lipinski definition) is 7. The van der Waals surface area contributed by atoms with E-state index in [0.717, 1.165) is 22.0 Å². The zero-order chi connectivity index (χ0) is 24.3. The standard InChI is InChI=1S/C23H18ClN3O6S/c1-32-21-10-6-5-9-20(21)26(14-17-15-33-23(25-17)16-7-3-2-4-8-16)34(30,31)22-13-18(27(28)29)11-12-19(22)24/h2-13,15H,14H2,1H3. The van der Waals surface area contributed by atoms with Crippen LogP contribution in [0.4, 0.5) is 11.4 Å². The normalized spacial score (nSPS) is 11.2. The summed E-state index contributed by atoms with van der Waals surface area (Å²) in [5, 5.41) is 11.1. The molecule has 1 heterocycles. The van der Waals surface area contributed by atoms with E-state index in [-0.39, 0.29) is 23.0 Å². The molecule has 174 valence electrons. The van der Waals surface area contributed by atoms with Gasteiger partial charge in [0.15, 0.2) is 0 Å². The van der Waals surface area contributed by atoms with Gasteiger partial charge in [-0.2, -0.15) is 0 Å². The summed E-state index contributed by atoms with van der Waals surface area (Å²) in [7, 11) is -2.98. The number of rotatable bonds is 8. The van der Waals surface area contributed by atoms with Crippen molar-refractivity contribution in [3.8, 4) is 17.2 Å². The van der Waals surface area contributed by atoms with Gasteiger partial charge in [-0.1, -0.05) is 41.9 Å². The van der Waals surface area contributed by atoms with Crippen molar-refractivity contribution in [1.82, 2.24) is 4.98 Å². The third-order valence-electron chi connectivity index (χ3n) is 4.93. The number of sulfonamides is 1. The van der Waals surface area contributed by atoms with E-state index in [1.807, 2.05) is 30.3 Å². The molecule has 11 heteroatoms. The summed E-state index contributed by atoms with van der Waals surface area (Å²) in [6, 6.07) is 18.9. The van der Waals surface area contributed by atoms with Crippen molar-refractivity contribution in [1.29, 1.82) is 0 Å². The van der Waals surface area contributed by atoms with E-state index in [1.54, 1.807) is 24.3 Å². The topological polar surface area (TPSA) is 116 Å². The Morgan fingerprint density at radius 2 is 1.79 bits per heavy atom. The van der Waals surface area contributed by atoms with Crippen LogP contribution in [0.3, 0.4) is 0 Å². The number of aromatic nitrogens is 1. The Balaban J connectivity index is 1.82. The third-order valence-corrected chi connectivity index (χ3v) is 7.17. The summed E-state index contributed by atoms with van der Waals surface area (Å²) in [5.74, 6) is 0.598. The summed E-state index contributed by atoms with van der Waals surface area (Å²) in [4.78, 5) is 14.6. The number of oxazole rings is 1. The van der Waals surface area contributed by atoms with Gasteiger partial charge >= 0.3 is 0 Å². The molecule has 0 saturated carbocycles. The highest BCUT2D eigenvalue weighted by Gasteiger charge is 2.32. The maximum absolute atomic E-state index is 13.8. The molecule has 0 radical (unpaired) electrons. The van der Waals surface area contributed by atoms with Crippen molar-refractivity contribution in [3.05, 3.63) is 99.9 Å². The second-order valence-corrected chi connectivity index (χ2v) is 9.30. The molecule has 34 heavy (non-hydrogen) atoms. The minimum atomic E-state index is -4.39. The maximum Gasteiger partial charge on any atom is 0.270 e. The molecule has 0 atom stereocenters. The fourth-order valence-corrected chi connectivity index (χ4v) is 5.24. The van der Waals surface area contributed by atoms with Crippen LogP contribution in [0.1, 0.15) is 5.69 Å². The first-order chi connectivity index (χ1) is 16.3. The van der Waals surface area contributed by atoms with Crippen molar-refractivity contribution in [2.75, 3.05) is 11.4 Å². The van der Waals surface area contributed by atoms with Crippen molar-refractivity contribution in [2.24, 2.45) is 0 Å². The molecule has 0 N–H and O–H groups in total. The highest BCUT2D eigenvalue weighted by atomic mass is 35.5. The van der Waals surface area contributed by atoms with E-state index in [9.17, 15) is 18.5 Å². The Morgan fingerprint density at radius 3 is 2.50 bits per heavy atom. The van der Waals surface area contributed by atoms with Gasteiger partial charge in [0.25, 0.3) is 15.7 Å². The van der Waals surface area contributed by atoms with Crippen molar-refractivity contribution in [2.45, 2.75) is 11.4 Å². The van der Waals surface area contributed by atoms with Crippen molar-refractivity contribution < 1.29 is 22.5 Å². The minimum absolute atomic E-state index is 0.157. The van der Waals surface area contributed by atoms with Gasteiger partial charge < -0.3 is 9.15 Å². The van der Waals surface area contributed by atoms with Crippen LogP contribution in [0.25, 0.3) is 11.5 Å². The minimum Gasteiger partial charge on any atom is -0.495 e. The van der Waals surface area contributed by atoms with E-state index in [4.69, 9.17) is 20.8 Å². The second-order valence-electron chi connectivity index (χ2n) is 7.07. The van der Waals surface area contributed by atoms with Crippen LogP contribution in [0.2, 0.25) is 5.02 Å². The van der Waals surface area contributed by atoms with Crippen LogP contribution >= 0.6 is 11.6 Å². The van der Waals surface area contributed by atoms with Crippen LogP contribution in [-0.4, -0.2) is 25.4 Å². The lowest BCUT2D eigenvalue weighted by Gasteiger charge is -2.25. The van der Waals surface area contributed by atoms with Crippen LogP contribution in [0, 0.1) is 10.1 Å². The number of nitro benzene ring substituents is 1. The number of non-ortho nitro benzene ring substituents is 1. The number of anilines is 1. The molecule has 0 aliphatic rings. The molecule has 1 aromatic heterocycles. The molecule has 9 nitrogen and oxygen atoms in total. The number of halogens is 1. The van der Waals surface area contributed by atoms with Crippen LogP contribution in [-0.2, 0) is 16.6 Å². The molecule has 0 spiro atoms. The largest absolute Gasteiger partial charge is 0.495 e. The lowest BCUT2D eigenvalue weighted by Crippen LogP contribution is -2.31. The van der Waals surface area contributed by atoms with E-state index in [2.05, 4.69) is 4.98 Å². The van der Waals surface area contributed by atoms with Crippen LogP contribution < -0.4 is 9.04 Å².